The van der Waals surface area contributed by atoms with Crippen molar-refractivity contribution in [1.82, 2.24) is 15.2 Å². The minimum atomic E-state index is 0.871. The smallest absolute Gasteiger partial charge is 0.0541 e. The summed E-state index contributed by atoms with van der Waals surface area (Å²) in [5.74, 6) is 0. The largest absolute Gasteiger partial charge is 0.310 e. The van der Waals surface area contributed by atoms with Crippen LogP contribution >= 0.6 is 0 Å². The Bertz CT molecular complexity index is 292. The molecular weight excluding hydrogens is 234 g/mol. The first-order valence-electron chi connectivity index (χ1n) is 7.69. The van der Waals surface area contributed by atoms with E-state index >= 15 is 0 Å². The Balaban J connectivity index is 2.16. The summed E-state index contributed by atoms with van der Waals surface area (Å²) in [5, 5.41) is 3.48. The molecule has 0 spiro atoms. The van der Waals surface area contributed by atoms with E-state index in [-0.39, 0.29) is 0 Å². The van der Waals surface area contributed by atoms with Gasteiger partial charge in [-0.1, -0.05) is 32.8 Å². The second-order valence-electron chi connectivity index (χ2n) is 5.05. The molecule has 0 saturated heterocycles. The van der Waals surface area contributed by atoms with Gasteiger partial charge < -0.3 is 10.2 Å². The zero-order valence-corrected chi connectivity index (χ0v) is 12.6. The van der Waals surface area contributed by atoms with E-state index < -0.39 is 0 Å². The van der Waals surface area contributed by atoms with Crippen LogP contribution in [-0.4, -0.2) is 36.1 Å². The molecule has 0 aliphatic rings. The standard InChI is InChI=1S/C16H29N3/c1-3-5-12-19(13-6-4-2)14-11-17-15-16-9-7-8-10-18-16/h7-10,17H,3-6,11-15H2,1-2H3. The number of aromatic nitrogens is 1. The van der Waals surface area contributed by atoms with Gasteiger partial charge in [0, 0.05) is 25.8 Å². The van der Waals surface area contributed by atoms with E-state index in [4.69, 9.17) is 0 Å². The van der Waals surface area contributed by atoms with Gasteiger partial charge in [-0.2, -0.15) is 0 Å². The molecule has 0 aliphatic heterocycles. The summed E-state index contributed by atoms with van der Waals surface area (Å²) in [6.45, 7) is 10.1. The number of unbranched alkanes of at least 4 members (excludes halogenated alkanes) is 2. The summed E-state index contributed by atoms with van der Waals surface area (Å²) < 4.78 is 0. The fourth-order valence-corrected chi connectivity index (χ4v) is 2.06. The lowest BCUT2D eigenvalue weighted by Crippen LogP contribution is -2.33. The van der Waals surface area contributed by atoms with Gasteiger partial charge in [-0.15, -0.1) is 0 Å². The molecule has 1 N–H and O–H groups in total. The van der Waals surface area contributed by atoms with Gasteiger partial charge in [-0.25, -0.2) is 0 Å². The molecule has 0 fully saturated rings. The van der Waals surface area contributed by atoms with Gasteiger partial charge in [0.25, 0.3) is 0 Å². The van der Waals surface area contributed by atoms with Crippen molar-refractivity contribution >= 4 is 0 Å². The van der Waals surface area contributed by atoms with Crippen LogP contribution in [0.2, 0.25) is 0 Å². The Morgan fingerprint density at radius 2 is 1.79 bits per heavy atom. The van der Waals surface area contributed by atoms with Gasteiger partial charge in [0.1, 0.15) is 0 Å². The SMILES string of the molecule is CCCCN(CCCC)CCNCc1ccccn1. The molecule has 3 nitrogen and oxygen atoms in total. The van der Waals surface area contributed by atoms with Crippen LogP contribution in [0.15, 0.2) is 24.4 Å². The highest BCUT2D eigenvalue weighted by atomic mass is 15.1. The Hall–Kier alpha value is -0.930. The molecule has 0 unspecified atom stereocenters. The molecule has 0 amide bonds. The van der Waals surface area contributed by atoms with Crippen LogP contribution in [0.4, 0.5) is 0 Å². The van der Waals surface area contributed by atoms with Crippen LogP contribution in [0, 0.1) is 0 Å². The fourth-order valence-electron chi connectivity index (χ4n) is 2.06. The molecular formula is C16H29N3. The highest BCUT2D eigenvalue weighted by Gasteiger charge is 2.03. The summed E-state index contributed by atoms with van der Waals surface area (Å²) in [5.41, 5.74) is 1.12. The third-order valence-electron chi connectivity index (χ3n) is 3.29. The lowest BCUT2D eigenvalue weighted by atomic mass is 10.2. The van der Waals surface area contributed by atoms with Crippen molar-refractivity contribution in [2.45, 2.75) is 46.1 Å². The van der Waals surface area contributed by atoms with E-state index in [9.17, 15) is 0 Å². The van der Waals surface area contributed by atoms with Crippen molar-refractivity contribution in [2.24, 2.45) is 0 Å². The van der Waals surface area contributed by atoms with E-state index in [0.29, 0.717) is 0 Å². The third-order valence-corrected chi connectivity index (χ3v) is 3.29. The number of rotatable bonds is 11. The maximum atomic E-state index is 4.32. The van der Waals surface area contributed by atoms with Crippen LogP contribution in [0.25, 0.3) is 0 Å². The van der Waals surface area contributed by atoms with Crippen LogP contribution in [-0.2, 0) is 6.54 Å². The lowest BCUT2D eigenvalue weighted by Gasteiger charge is -2.22. The molecule has 1 aromatic rings. The average Bonchev–Trinajstić information content (AvgIpc) is 2.46. The first-order chi connectivity index (χ1) is 9.36. The van der Waals surface area contributed by atoms with E-state index in [1.54, 1.807) is 0 Å². The maximum Gasteiger partial charge on any atom is 0.0541 e. The molecule has 0 aromatic carbocycles. The fraction of sp³-hybridized carbons (Fsp3) is 0.688. The quantitative estimate of drug-likeness (QED) is 0.622. The molecule has 0 radical (unpaired) electrons. The molecule has 0 bridgehead atoms. The van der Waals surface area contributed by atoms with E-state index in [0.717, 1.165) is 25.3 Å². The van der Waals surface area contributed by atoms with Crippen LogP contribution in [0.3, 0.4) is 0 Å². The van der Waals surface area contributed by atoms with E-state index in [1.165, 1.54) is 38.8 Å². The monoisotopic (exact) mass is 263 g/mol. The van der Waals surface area contributed by atoms with Crippen LogP contribution in [0.5, 0.6) is 0 Å². The summed E-state index contributed by atoms with van der Waals surface area (Å²) in [7, 11) is 0. The molecule has 0 aliphatic carbocycles. The van der Waals surface area contributed by atoms with Crippen molar-refractivity contribution in [1.29, 1.82) is 0 Å². The van der Waals surface area contributed by atoms with Gasteiger partial charge in [-0.3, -0.25) is 4.98 Å². The first-order valence-corrected chi connectivity index (χ1v) is 7.69. The Morgan fingerprint density at radius 1 is 1.05 bits per heavy atom. The summed E-state index contributed by atoms with van der Waals surface area (Å²) >= 11 is 0. The Labute approximate surface area is 118 Å². The van der Waals surface area contributed by atoms with E-state index in [2.05, 4.69) is 35.1 Å². The van der Waals surface area contributed by atoms with Gasteiger partial charge >= 0.3 is 0 Å². The van der Waals surface area contributed by atoms with Gasteiger partial charge in [0.2, 0.25) is 0 Å². The highest BCUT2D eigenvalue weighted by Crippen LogP contribution is 1.98. The lowest BCUT2D eigenvalue weighted by molar-refractivity contribution is 0.264. The number of hydrogen-bond acceptors (Lipinski definition) is 3. The van der Waals surface area contributed by atoms with Gasteiger partial charge in [0.15, 0.2) is 0 Å². The highest BCUT2D eigenvalue weighted by molar-refractivity contribution is 5.02. The van der Waals surface area contributed by atoms with Crippen molar-refractivity contribution in [3.05, 3.63) is 30.1 Å². The normalized spacial score (nSPS) is 11.1. The predicted octanol–water partition coefficient (Wildman–Crippen LogP) is 3.07. The average molecular weight is 263 g/mol. The Kier molecular flexibility index (Phi) is 9.29. The number of nitrogens with one attached hydrogen (secondary N) is 1. The second-order valence-corrected chi connectivity index (χ2v) is 5.05. The van der Waals surface area contributed by atoms with Crippen LogP contribution in [0.1, 0.15) is 45.2 Å². The number of hydrogen-bond donors (Lipinski definition) is 1. The molecule has 3 heteroatoms. The zero-order chi connectivity index (χ0) is 13.8. The molecule has 0 saturated carbocycles. The minimum absolute atomic E-state index is 0.871. The molecule has 1 aromatic heterocycles. The zero-order valence-electron chi connectivity index (χ0n) is 12.6. The van der Waals surface area contributed by atoms with Gasteiger partial charge in [0.05, 0.1) is 5.69 Å². The molecule has 19 heavy (non-hydrogen) atoms. The van der Waals surface area contributed by atoms with Crippen molar-refractivity contribution in [2.75, 3.05) is 26.2 Å². The molecule has 0 atom stereocenters. The second kappa shape index (κ2) is 10.9. The van der Waals surface area contributed by atoms with Crippen molar-refractivity contribution in [3.63, 3.8) is 0 Å². The minimum Gasteiger partial charge on any atom is -0.310 e. The van der Waals surface area contributed by atoms with Gasteiger partial charge in [-0.05, 0) is 38.1 Å². The Morgan fingerprint density at radius 3 is 2.37 bits per heavy atom. The molecule has 108 valence electrons. The first kappa shape index (κ1) is 16.1. The predicted molar refractivity (Wildman–Crippen MR) is 82.2 cm³/mol. The summed E-state index contributed by atoms with van der Waals surface area (Å²) in [6, 6.07) is 6.07. The number of pyridine rings is 1. The van der Waals surface area contributed by atoms with Crippen LogP contribution < -0.4 is 5.32 Å². The maximum absolute atomic E-state index is 4.32. The van der Waals surface area contributed by atoms with Crippen molar-refractivity contribution in [3.8, 4) is 0 Å². The summed E-state index contributed by atoms with van der Waals surface area (Å²) in [4.78, 5) is 6.90. The molecule has 1 heterocycles. The van der Waals surface area contributed by atoms with Crippen molar-refractivity contribution < 1.29 is 0 Å². The molecule has 1 rings (SSSR count). The van der Waals surface area contributed by atoms with E-state index in [1.807, 2.05) is 18.3 Å². The third kappa shape index (κ3) is 7.96. The number of nitrogens with zero attached hydrogens (tertiary/aromatic N) is 2. The topological polar surface area (TPSA) is 28.2 Å². The summed E-state index contributed by atoms with van der Waals surface area (Å²) in [6.07, 6.45) is 7.04.